The quantitative estimate of drug-likeness (QED) is 0.779. The average Bonchev–Trinajstić information content (AvgIpc) is 2.97. The van der Waals surface area contributed by atoms with E-state index in [0.29, 0.717) is 5.82 Å². The number of nitrogens with one attached hydrogen (secondary N) is 1. The fourth-order valence-electron chi connectivity index (χ4n) is 1.88. The summed E-state index contributed by atoms with van der Waals surface area (Å²) in [6, 6.07) is 16.8. The third-order valence-electron chi connectivity index (χ3n) is 2.90. The molecule has 110 valence electrons. The van der Waals surface area contributed by atoms with E-state index in [1.54, 1.807) is 0 Å². The smallest absolute Gasteiger partial charge is 0.248 e. The third kappa shape index (κ3) is 3.56. The molecule has 0 aliphatic rings. The highest BCUT2D eigenvalue weighted by atomic mass is 79.9. The van der Waals surface area contributed by atoms with Gasteiger partial charge in [0.25, 0.3) is 0 Å². The van der Waals surface area contributed by atoms with Gasteiger partial charge < -0.3 is 5.32 Å². The van der Waals surface area contributed by atoms with Crippen LogP contribution in [0.3, 0.4) is 0 Å². The number of tetrazole rings is 1. The largest absolute Gasteiger partial charge is 0.324 e. The SMILES string of the molecule is O=C(Cn1nnc(-c2ccc(Br)cc2)n1)Nc1ccccc1. The molecular formula is C15H12BrN5O. The summed E-state index contributed by atoms with van der Waals surface area (Å²) in [7, 11) is 0. The van der Waals surface area contributed by atoms with Crippen LogP contribution < -0.4 is 5.32 Å². The van der Waals surface area contributed by atoms with Crippen molar-refractivity contribution in [1.82, 2.24) is 20.2 Å². The van der Waals surface area contributed by atoms with E-state index < -0.39 is 0 Å². The Morgan fingerprint density at radius 2 is 1.82 bits per heavy atom. The minimum Gasteiger partial charge on any atom is -0.324 e. The van der Waals surface area contributed by atoms with Gasteiger partial charge in [0, 0.05) is 15.7 Å². The Bertz CT molecular complexity index is 770. The highest BCUT2D eigenvalue weighted by Gasteiger charge is 2.09. The molecule has 22 heavy (non-hydrogen) atoms. The van der Waals surface area contributed by atoms with Crippen molar-refractivity contribution in [3.05, 3.63) is 59.1 Å². The van der Waals surface area contributed by atoms with E-state index in [0.717, 1.165) is 15.7 Å². The molecule has 2 aromatic carbocycles. The van der Waals surface area contributed by atoms with Gasteiger partial charge in [-0.25, -0.2) is 0 Å². The van der Waals surface area contributed by atoms with Crippen molar-refractivity contribution in [3.63, 3.8) is 0 Å². The highest BCUT2D eigenvalue weighted by molar-refractivity contribution is 9.10. The zero-order valence-electron chi connectivity index (χ0n) is 11.5. The second-order valence-electron chi connectivity index (χ2n) is 4.56. The maximum atomic E-state index is 11.9. The van der Waals surface area contributed by atoms with Crippen LogP contribution in [0.25, 0.3) is 11.4 Å². The number of benzene rings is 2. The van der Waals surface area contributed by atoms with Gasteiger partial charge >= 0.3 is 0 Å². The van der Waals surface area contributed by atoms with Gasteiger partial charge in [-0.05, 0) is 41.6 Å². The fourth-order valence-corrected chi connectivity index (χ4v) is 2.14. The molecule has 7 heteroatoms. The first kappa shape index (κ1) is 14.4. The highest BCUT2D eigenvalue weighted by Crippen LogP contribution is 2.17. The minimum atomic E-state index is -0.203. The third-order valence-corrected chi connectivity index (χ3v) is 3.43. The van der Waals surface area contributed by atoms with Crippen LogP contribution in [0.1, 0.15) is 0 Å². The summed E-state index contributed by atoms with van der Waals surface area (Å²) in [6.07, 6.45) is 0. The molecule has 0 fully saturated rings. The number of carbonyl (C=O) groups excluding carboxylic acids is 1. The lowest BCUT2D eigenvalue weighted by atomic mass is 10.2. The van der Waals surface area contributed by atoms with Gasteiger partial charge in [0.15, 0.2) is 0 Å². The normalized spacial score (nSPS) is 10.4. The van der Waals surface area contributed by atoms with Crippen molar-refractivity contribution in [2.45, 2.75) is 6.54 Å². The number of anilines is 1. The van der Waals surface area contributed by atoms with Crippen molar-refractivity contribution < 1.29 is 4.79 Å². The number of aromatic nitrogens is 4. The fraction of sp³-hybridized carbons (Fsp3) is 0.0667. The number of carbonyl (C=O) groups is 1. The lowest BCUT2D eigenvalue weighted by Crippen LogP contribution is -2.20. The first-order valence-corrected chi connectivity index (χ1v) is 7.39. The van der Waals surface area contributed by atoms with E-state index in [4.69, 9.17) is 0 Å². The molecule has 0 atom stereocenters. The predicted molar refractivity (Wildman–Crippen MR) is 86.0 cm³/mol. The molecule has 3 rings (SSSR count). The number of amides is 1. The van der Waals surface area contributed by atoms with Crippen LogP contribution in [0.15, 0.2) is 59.1 Å². The maximum Gasteiger partial charge on any atom is 0.248 e. The second kappa shape index (κ2) is 6.48. The molecular weight excluding hydrogens is 346 g/mol. The summed E-state index contributed by atoms with van der Waals surface area (Å²) in [5.74, 6) is 0.283. The predicted octanol–water partition coefficient (Wildman–Crippen LogP) is 2.74. The molecule has 1 amide bonds. The molecule has 0 radical (unpaired) electrons. The van der Waals surface area contributed by atoms with Crippen LogP contribution in [0.2, 0.25) is 0 Å². The molecule has 0 spiro atoms. The van der Waals surface area contributed by atoms with Gasteiger partial charge in [-0.3, -0.25) is 4.79 Å². The lowest BCUT2D eigenvalue weighted by Gasteiger charge is -2.03. The number of hydrogen-bond donors (Lipinski definition) is 1. The molecule has 0 bridgehead atoms. The van der Waals surface area contributed by atoms with Crippen molar-refractivity contribution in [2.24, 2.45) is 0 Å². The number of rotatable bonds is 4. The Morgan fingerprint density at radius 3 is 2.55 bits per heavy atom. The van der Waals surface area contributed by atoms with Gasteiger partial charge in [-0.2, -0.15) is 4.80 Å². The molecule has 0 saturated carbocycles. The molecule has 1 heterocycles. The van der Waals surface area contributed by atoms with Gasteiger partial charge in [-0.15, -0.1) is 10.2 Å². The summed E-state index contributed by atoms with van der Waals surface area (Å²) in [6.45, 7) is 0.0123. The molecule has 1 aromatic heterocycles. The zero-order chi connectivity index (χ0) is 15.4. The van der Waals surface area contributed by atoms with Crippen LogP contribution in [0.5, 0.6) is 0 Å². The number of hydrogen-bond acceptors (Lipinski definition) is 4. The minimum absolute atomic E-state index is 0.0123. The standard InChI is InChI=1S/C15H12BrN5O/c16-12-8-6-11(7-9-12)15-18-20-21(19-15)10-14(22)17-13-4-2-1-3-5-13/h1-9H,10H2,(H,17,22). The summed E-state index contributed by atoms with van der Waals surface area (Å²) in [4.78, 5) is 13.2. The second-order valence-corrected chi connectivity index (χ2v) is 5.48. The molecule has 0 aliphatic carbocycles. The van der Waals surface area contributed by atoms with Crippen LogP contribution in [-0.2, 0) is 11.3 Å². The zero-order valence-corrected chi connectivity index (χ0v) is 13.1. The van der Waals surface area contributed by atoms with E-state index in [1.165, 1.54) is 4.80 Å². The Kier molecular flexibility index (Phi) is 4.24. The van der Waals surface area contributed by atoms with Gasteiger partial charge in [0.1, 0.15) is 6.54 Å². The Morgan fingerprint density at radius 1 is 1.09 bits per heavy atom. The first-order valence-electron chi connectivity index (χ1n) is 6.59. The van der Waals surface area contributed by atoms with E-state index in [-0.39, 0.29) is 12.5 Å². The summed E-state index contributed by atoms with van der Waals surface area (Å²) in [5, 5.41) is 14.8. The van der Waals surface area contributed by atoms with Crippen LogP contribution >= 0.6 is 15.9 Å². The lowest BCUT2D eigenvalue weighted by molar-refractivity contribution is -0.117. The van der Waals surface area contributed by atoms with Gasteiger partial charge in [0.2, 0.25) is 11.7 Å². The average molecular weight is 358 g/mol. The molecule has 0 aliphatic heterocycles. The van der Waals surface area contributed by atoms with Crippen molar-refractivity contribution >= 4 is 27.5 Å². The monoisotopic (exact) mass is 357 g/mol. The molecule has 0 saturated heterocycles. The summed E-state index contributed by atoms with van der Waals surface area (Å²) in [5.41, 5.74) is 1.58. The summed E-state index contributed by atoms with van der Waals surface area (Å²) >= 11 is 3.37. The maximum absolute atomic E-state index is 11.9. The Labute approximate surface area is 135 Å². The van der Waals surface area contributed by atoms with Crippen LogP contribution in [0.4, 0.5) is 5.69 Å². The molecule has 6 nitrogen and oxygen atoms in total. The topological polar surface area (TPSA) is 72.7 Å². The van der Waals surface area contributed by atoms with E-state index in [1.807, 2.05) is 54.6 Å². The van der Waals surface area contributed by atoms with Crippen LogP contribution in [-0.4, -0.2) is 26.1 Å². The first-order chi connectivity index (χ1) is 10.7. The Balaban J connectivity index is 1.66. The van der Waals surface area contributed by atoms with Crippen molar-refractivity contribution in [1.29, 1.82) is 0 Å². The van der Waals surface area contributed by atoms with Crippen LogP contribution in [0, 0.1) is 0 Å². The number of para-hydroxylation sites is 1. The van der Waals surface area contributed by atoms with Gasteiger partial charge in [0.05, 0.1) is 0 Å². The number of halogens is 1. The van der Waals surface area contributed by atoms with E-state index in [9.17, 15) is 4.79 Å². The molecule has 1 N–H and O–H groups in total. The van der Waals surface area contributed by atoms with Crippen molar-refractivity contribution in [2.75, 3.05) is 5.32 Å². The van der Waals surface area contributed by atoms with Crippen molar-refractivity contribution in [3.8, 4) is 11.4 Å². The Hall–Kier alpha value is -2.54. The van der Waals surface area contributed by atoms with Gasteiger partial charge in [-0.1, -0.05) is 34.1 Å². The number of nitrogens with zero attached hydrogens (tertiary/aromatic N) is 4. The van der Waals surface area contributed by atoms with E-state index in [2.05, 4.69) is 36.7 Å². The van der Waals surface area contributed by atoms with E-state index >= 15 is 0 Å². The molecule has 0 unspecified atom stereocenters. The molecule has 3 aromatic rings. The summed E-state index contributed by atoms with van der Waals surface area (Å²) < 4.78 is 0.978.